The average molecular weight is 173 g/mol. The Balaban J connectivity index is 2.49. The predicted molar refractivity (Wildman–Crippen MR) is 46.4 cm³/mol. The van der Waals surface area contributed by atoms with Crippen LogP contribution in [0, 0.1) is 5.92 Å². The molecule has 2 N–H and O–H groups in total. The minimum Gasteiger partial charge on any atom is -0.495 e. The van der Waals surface area contributed by atoms with E-state index in [4.69, 9.17) is 10.5 Å². The third-order valence-corrected chi connectivity index (χ3v) is 2.11. The molecule has 2 unspecified atom stereocenters. The molecule has 0 saturated heterocycles. The van der Waals surface area contributed by atoms with E-state index in [2.05, 4.69) is 0 Å². The summed E-state index contributed by atoms with van der Waals surface area (Å²) in [5, 5.41) is 0. The maximum absolute atomic E-state index is 13.4. The summed E-state index contributed by atoms with van der Waals surface area (Å²) in [5.41, 5.74) is 5.36. The maximum Gasteiger partial charge on any atom is 0.160 e. The third kappa shape index (κ3) is 2.21. The number of rotatable bonds is 3. The van der Waals surface area contributed by atoms with Crippen molar-refractivity contribution in [2.24, 2.45) is 11.7 Å². The first-order valence-electron chi connectivity index (χ1n) is 4.42. The number of allylic oxidation sites excluding steroid dienone is 2. The van der Waals surface area contributed by atoms with Gasteiger partial charge in [0.2, 0.25) is 0 Å². The van der Waals surface area contributed by atoms with Crippen LogP contribution in [-0.2, 0) is 4.74 Å². The molecule has 1 heterocycles. The molecule has 0 aromatic rings. The smallest absolute Gasteiger partial charge is 0.160 e. The highest BCUT2D eigenvalue weighted by molar-refractivity contribution is 5.03. The van der Waals surface area contributed by atoms with Crippen molar-refractivity contribution in [2.45, 2.75) is 25.9 Å². The summed E-state index contributed by atoms with van der Waals surface area (Å²) in [6.45, 7) is 2.80. The van der Waals surface area contributed by atoms with E-state index in [0.29, 0.717) is 18.9 Å². The molecule has 70 valence electrons. The number of hydrogen-bond donors (Lipinski definition) is 1. The number of ether oxygens (including phenoxy) is 1. The number of halogens is 1. The molecule has 0 aliphatic carbocycles. The summed E-state index contributed by atoms with van der Waals surface area (Å²) in [6.07, 6.45) is 2.73. The van der Waals surface area contributed by atoms with E-state index >= 15 is 0 Å². The molecule has 0 saturated carbocycles. The van der Waals surface area contributed by atoms with Crippen molar-refractivity contribution >= 4 is 0 Å². The molecule has 1 rings (SSSR count). The summed E-state index contributed by atoms with van der Waals surface area (Å²) >= 11 is 0. The van der Waals surface area contributed by atoms with Crippen LogP contribution in [0.3, 0.4) is 0 Å². The van der Waals surface area contributed by atoms with E-state index in [1.54, 1.807) is 6.92 Å². The molecule has 1 aliphatic rings. The van der Waals surface area contributed by atoms with Gasteiger partial charge < -0.3 is 10.5 Å². The fourth-order valence-corrected chi connectivity index (χ4v) is 1.17. The summed E-state index contributed by atoms with van der Waals surface area (Å²) in [6, 6.07) is 0. The van der Waals surface area contributed by atoms with Crippen LogP contribution in [0.5, 0.6) is 0 Å². The Morgan fingerprint density at radius 1 is 1.75 bits per heavy atom. The van der Waals surface area contributed by atoms with Gasteiger partial charge in [0.1, 0.15) is 5.76 Å². The molecule has 2 nitrogen and oxygen atoms in total. The zero-order valence-corrected chi connectivity index (χ0v) is 7.42. The van der Waals surface area contributed by atoms with Gasteiger partial charge in [-0.2, -0.15) is 0 Å². The second kappa shape index (κ2) is 4.45. The van der Waals surface area contributed by atoms with Crippen LogP contribution in [0.15, 0.2) is 11.8 Å². The number of hydrogen-bond acceptors (Lipinski definition) is 2. The quantitative estimate of drug-likeness (QED) is 0.703. The molecule has 1 aliphatic heterocycles. The fraction of sp³-hybridized carbons (Fsp3) is 0.778. The summed E-state index contributed by atoms with van der Waals surface area (Å²) in [4.78, 5) is 0. The van der Waals surface area contributed by atoms with Crippen molar-refractivity contribution in [3.8, 4) is 0 Å². The lowest BCUT2D eigenvalue weighted by molar-refractivity contribution is 0.118. The van der Waals surface area contributed by atoms with Crippen molar-refractivity contribution in [1.82, 2.24) is 0 Å². The van der Waals surface area contributed by atoms with E-state index in [0.717, 1.165) is 12.8 Å². The van der Waals surface area contributed by atoms with Crippen LogP contribution in [0.25, 0.3) is 0 Å². The van der Waals surface area contributed by atoms with Gasteiger partial charge in [0.25, 0.3) is 0 Å². The Morgan fingerprint density at radius 2 is 2.50 bits per heavy atom. The van der Waals surface area contributed by atoms with Crippen LogP contribution in [0.1, 0.15) is 19.8 Å². The molecular weight excluding hydrogens is 157 g/mol. The van der Waals surface area contributed by atoms with E-state index < -0.39 is 6.17 Å². The molecule has 0 radical (unpaired) electrons. The SMILES string of the molecule is CC(CN)C(F)C1=CCCCO1. The zero-order valence-electron chi connectivity index (χ0n) is 7.42. The van der Waals surface area contributed by atoms with E-state index in [-0.39, 0.29) is 5.92 Å². The first-order valence-corrected chi connectivity index (χ1v) is 4.42. The molecule has 0 spiro atoms. The largest absolute Gasteiger partial charge is 0.495 e. The van der Waals surface area contributed by atoms with Gasteiger partial charge in [0, 0.05) is 5.92 Å². The fourth-order valence-electron chi connectivity index (χ4n) is 1.17. The van der Waals surface area contributed by atoms with E-state index in [1.807, 2.05) is 6.08 Å². The standard InChI is InChI=1S/C9H16FNO/c1-7(6-11)9(10)8-4-2-3-5-12-8/h4,7,9H,2-3,5-6,11H2,1H3. The first kappa shape index (κ1) is 9.52. The second-order valence-corrected chi connectivity index (χ2v) is 3.21. The van der Waals surface area contributed by atoms with Crippen LogP contribution in [0.2, 0.25) is 0 Å². The Bertz CT molecular complexity index is 170. The highest BCUT2D eigenvalue weighted by atomic mass is 19.1. The van der Waals surface area contributed by atoms with Crippen molar-refractivity contribution in [3.05, 3.63) is 11.8 Å². The van der Waals surface area contributed by atoms with Gasteiger partial charge in [-0.3, -0.25) is 0 Å². The van der Waals surface area contributed by atoms with Gasteiger partial charge in [-0.25, -0.2) is 4.39 Å². The van der Waals surface area contributed by atoms with Crippen molar-refractivity contribution in [1.29, 1.82) is 0 Å². The van der Waals surface area contributed by atoms with Gasteiger partial charge in [-0.15, -0.1) is 0 Å². The summed E-state index contributed by atoms with van der Waals surface area (Å²) in [5.74, 6) is 0.341. The molecule has 0 aromatic heterocycles. The van der Waals surface area contributed by atoms with Crippen LogP contribution in [-0.4, -0.2) is 19.3 Å². The molecule has 0 aromatic carbocycles. The average Bonchev–Trinajstić information content (AvgIpc) is 2.17. The van der Waals surface area contributed by atoms with E-state index in [9.17, 15) is 4.39 Å². The summed E-state index contributed by atoms with van der Waals surface area (Å²) in [7, 11) is 0. The van der Waals surface area contributed by atoms with E-state index in [1.165, 1.54) is 0 Å². The van der Waals surface area contributed by atoms with Gasteiger partial charge in [0.15, 0.2) is 6.17 Å². The zero-order chi connectivity index (χ0) is 8.97. The molecule has 0 bridgehead atoms. The highest BCUT2D eigenvalue weighted by Gasteiger charge is 2.22. The molecule has 2 atom stereocenters. The number of nitrogens with two attached hydrogens (primary N) is 1. The Morgan fingerprint density at radius 3 is 3.00 bits per heavy atom. The van der Waals surface area contributed by atoms with Crippen LogP contribution < -0.4 is 5.73 Å². The first-order chi connectivity index (χ1) is 5.75. The van der Waals surface area contributed by atoms with Gasteiger partial charge in [-0.1, -0.05) is 6.92 Å². The molecule has 0 fully saturated rings. The number of alkyl halides is 1. The maximum atomic E-state index is 13.4. The Hall–Kier alpha value is -0.570. The molecule has 0 amide bonds. The normalized spacial score (nSPS) is 22.4. The lowest BCUT2D eigenvalue weighted by atomic mass is 10.0. The summed E-state index contributed by atoms with van der Waals surface area (Å²) < 4.78 is 18.6. The lowest BCUT2D eigenvalue weighted by Crippen LogP contribution is -2.25. The monoisotopic (exact) mass is 173 g/mol. The molecular formula is C9H16FNO. The third-order valence-electron chi connectivity index (χ3n) is 2.11. The highest BCUT2D eigenvalue weighted by Crippen LogP contribution is 2.21. The van der Waals surface area contributed by atoms with Crippen LogP contribution in [0.4, 0.5) is 4.39 Å². The minimum atomic E-state index is -1.02. The topological polar surface area (TPSA) is 35.2 Å². The Kier molecular flexibility index (Phi) is 3.53. The lowest BCUT2D eigenvalue weighted by Gasteiger charge is -2.21. The van der Waals surface area contributed by atoms with Crippen LogP contribution >= 0.6 is 0 Å². The van der Waals surface area contributed by atoms with Crippen molar-refractivity contribution in [3.63, 3.8) is 0 Å². The molecule has 12 heavy (non-hydrogen) atoms. The predicted octanol–water partition coefficient (Wildman–Crippen LogP) is 1.61. The van der Waals surface area contributed by atoms with Crippen molar-refractivity contribution < 1.29 is 9.13 Å². The van der Waals surface area contributed by atoms with Gasteiger partial charge >= 0.3 is 0 Å². The van der Waals surface area contributed by atoms with Gasteiger partial charge in [-0.05, 0) is 25.5 Å². The minimum absolute atomic E-state index is 0.144. The molecule has 3 heteroatoms. The Labute approximate surface area is 72.6 Å². The second-order valence-electron chi connectivity index (χ2n) is 3.21. The van der Waals surface area contributed by atoms with Crippen molar-refractivity contribution in [2.75, 3.05) is 13.2 Å². The van der Waals surface area contributed by atoms with Gasteiger partial charge in [0.05, 0.1) is 6.61 Å².